The summed E-state index contributed by atoms with van der Waals surface area (Å²) in [6.45, 7) is 0. The smallest absolute Gasteiger partial charge is 0.330 e. The van der Waals surface area contributed by atoms with Gasteiger partial charge in [-0.2, -0.15) is 0 Å². The summed E-state index contributed by atoms with van der Waals surface area (Å²) in [6.07, 6.45) is 0. The van der Waals surface area contributed by atoms with Gasteiger partial charge < -0.3 is 10.4 Å². The Morgan fingerprint density at radius 3 is 2.35 bits per heavy atom. The van der Waals surface area contributed by atoms with Crippen LogP contribution in [0.5, 0.6) is 0 Å². The Bertz CT molecular complexity index is 632. The van der Waals surface area contributed by atoms with Gasteiger partial charge in [-0.15, -0.1) is 0 Å². The largest absolute Gasteiger partial charge is 0.479 e. The Morgan fingerprint density at radius 1 is 1.15 bits per heavy atom. The van der Waals surface area contributed by atoms with Crippen LogP contribution < -0.4 is 5.32 Å². The standard InChI is InChI=1S/C14H10BrF2NO2/c15-11-6-1-8(7-12(11)17)13(14(19)20)18-10-4-2-9(16)3-5-10/h1-7,13,18H,(H,19,20). The maximum Gasteiger partial charge on any atom is 0.330 e. The molecular formula is C14H10BrF2NO2. The van der Waals surface area contributed by atoms with Crippen molar-refractivity contribution >= 4 is 27.6 Å². The molecule has 2 aromatic carbocycles. The van der Waals surface area contributed by atoms with Crippen molar-refractivity contribution in [2.45, 2.75) is 6.04 Å². The van der Waals surface area contributed by atoms with Crippen LogP contribution >= 0.6 is 15.9 Å². The third-order valence-electron chi connectivity index (χ3n) is 2.68. The number of halogens is 3. The lowest BCUT2D eigenvalue weighted by molar-refractivity contribution is -0.138. The van der Waals surface area contributed by atoms with Gasteiger partial charge in [0.25, 0.3) is 0 Å². The lowest BCUT2D eigenvalue weighted by Crippen LogP contribution is -2.20. The van der Waals surface area contributed by atoms with Gasteiger partial charge in [-0.25, -0.2) is 13.6 Å². The maximum absolute atomic E-state index is 13.5. The fourth-order valence-corrected chi connectivity index (χ4v) is 1.94. The average Bonchev–Trinajstić information content (AvgIpc) is 2.41. The van der Waals surface area contributed by atoms with Crippen LogP contribution in [-0.4, -0.2) is 11.1 Å². The number of benzene rings is 2. The molecule has 0 radical (unpaired) electrons. The molecule has 1 unspecified atom stereocenters. The minimum Gasteiger partial charge on any atom is -0.479 e. The number of hydrogen-bond acceptors (Lipinski definition) is 2. The molecule has 20 heavy (non-hydrogen) atoms. The van der Waals surface area contributed by atoms with E-state index in [0.29, 0.717) is 5.69 Å². The molecule has 0 aliphatic rings. The minimum absolute atomic E-state index is 0.257. The van der Waals surface area contributed by atoms with Crippen LogP contribution in [0.3, 0.4) is 0 Å². The van der Waals surface area contributed by atoms with Gasteiger partial charge >= 0.3 is 5.97 Å². The van der Waals surface area contributed by atoms with Crippen molar-refractivity contribution in [2.75, 3.05) is 5.32 Å². The third-order valence-corrected chi connectivity index (χ3v) is 3.32. The predicted octanol–water partition coefficient (Wildman–Crippen LogP) is 3.97. The van der Waals surface area contributed by atoms with Crippen LogP contribution in [0, 0.1) is 11.6 Å². The number of rotatable bonds is 4. The van der Waals surface area contributed by atoms with Crippen LogP contribution in [0.25, 0.3) is 0 Å². The fraction of sp³-hybridized carbons (Fsp3) is 0.0714. The molecule has 0 aliphatic heterocycles. The first kappa shape index (κ1) is 14.5. The number of nitrogens with one attached hydrogen (secondary N) is 1. The average molecular weight is 342 g/mol. The van der Waals surface area contributed by atoms with Gasteiger partial charge in [0.05, 0.1) is 4.47 Å². The van der Waals surface area contributed by atoms with Crippen LogP contribution in [0.1, 0.15) is 11.6 Å². The summed E-state index contributed by atoms with van der Waals surface area (Å²) in [5.41, 5.74) is 0.699. The number of anilines is 1. The predicted molar refractivity (Wildman–Crippen MR) is 74.5 cm³/mol. The first-order valence-electron chi connectivity index (χ1n) is 5.67. The zero-order valence-corrected chi connectivity index (χ0v) is 11.7. The van der Waals surface area contributed by atoms with E-state index in [2.05, 4.69) is 21.2 Å². The molecule has 0 saturated carbocycles. The van der Waals surface area contributed by atoms with Gasteiger partial charge in [0, 0.05) is 5.69 Å². The van der Waals surface area contributed by atoms with E-state index in [1.165, 1.54) is 36.4 Å². The summed E-state index contributed by atoms with van der Waals surface area (Å²) in [7, 11) is 0. The Balaban J connectivity index is 2.29. The van der Waals surface area contributed by atoms with Gasteiger partial charge in [-0.05, 0) is 57.9 Å². The number of carboxylic acids is 1. The second-order valence-corrected chi connectivity index (χ2v) is 4.95. The van der Waals surface area contributed by atoms with Crippen molar-refractivity contribution in [3.63, 3.8) is 0 Å². The van der Waals surface area contributed by atoms with Gasteiger partial charge in [-0.3, -0.25) is 0 Å². The summed E-state index contributed by atoms with van der Waals surface area (Å²) in [4.78, 5) is 11.3. The summed E-state index contributed by atoms with van der Waals surface area (Å²) in [6, 6.07) is 8.21. The molecule has 0 spiro atoms. The highest BCUT2D eigenvalue weighted by Crippen LogP contribution is 2.24. The lowest BCUT2D eigenvalue weighted by Gasteiger charge is -2.16. The fourth-order valence-electron chi connectivity index (χ4n) is 1.69. The SMILES string of the molecule is O=C(O)C(Nc1ccc(F)cc1)c1ccc(Br)c(F)c1. The van der Waals surface area contributed by atoms with Crippen molar-refractivity contribution in [3.05, 3.63) is 64.1 Å². The van der Waals surface area contributed by atoms with Gasteiger partial charge in [0.15, 0.2) is 6.04 Å². The van der Waals surface area contributed by atoms with Crippen LogP contribution in [0.4, 0.5) is 14.5 Å². The second kappa shape index (κ2) is 6.00. The molecule has 0 saturated heterocycles. The van der Waals surface area contributed by atoms with Gasteiger partial charge in [0.1, 0.15) is 11.6 Å². The number of hydrogen-bond donors (Lipinski definition) is 2. The highest BCUT2D eigenvalue weighted by Gasteiger charge is 2.20. The molecule has 0 fully saturated rings. The van der Waals surface area contributed by atoms with Crippen molar-refractivity contribution in [3.8, 4) is 0 Å². The van der Waals surface area contributed by atoms with E-state index in [9.17, 15) is 18.7 Å². The van der Waals surface area contributed by atoms with Crippen LogP contribution in [0.2, 0.25) is 0 Å². The molecule has 2 rings (SSSR count). The zero-order valence-electron chi connectivity index (χ0n) is 10.1. The Labute approximate surface area is 122 Å². The summed E-state index contributed by atoms with van der Waals surface area (Å²) in [5.74, 6) is -2.12. The van der Waals surface area contributed by atoms with E-state index >= 15 is 0 Å². The van der Waals surface area contributed by atoms with Crippen LogP contribution in [-0.2, 0) is 4.79 Å². The van der Waals surface area contributed by atoms with Crippen molar-refractivity contribution < 1.29 is 18.7 Å². The van der Waals surface area contributed by atoms with E-state index in [1.54, 1.807) is 0 Å². The second-order valence-electron chi connectivity index (χ2n) is 4.10. The number of carbonyl (C=O) groups is 1. The molecule has 6 heteroatoms. The molecule has 2 aromatic rings. The summed E-state index contributed by atoms with van der Waals surface area (Å²) < 4.78 is 26.5. The van der Waals surface area contributed by atoms with E-state index in [1.807, 2.05) is 0 Å². The first-order valence-corrected chi connectivity index (χ1v) is 6.46. The Hall–Kier alpha value is -1.95. The third kappa shape index (κ3) is 3.33. The van der Waals surface area contributed by atoms with Crippen molar-refractivity contribution in [1.82, 2.24) is 0 Å². The number of aliphatic carboxylic acids is 1. The molecule has 0 bridgehead atoms. The van der Waals surface area contributed by atoms with Crippen molar-refractivity contribution in [1.29, 1.82) is 0 Å². The summed E-state index contributed by atoms with van der Waals surface area (Å²) in [5, 5.41) is 12.0. The molecule has 0 amide bonds. The molecule has 0 aromatic heterocycles. The highest BCUT2D eigenvalue weighted by atomic mass is 79.9. The normalized spacial score (nSPS) is 11.9. The Kier molecular flexibility index (Phi) is 4.34. The van der Waals surface area contributed by atoms with Crippen molar-refractivity contribution in [2.24, 2.45) is 0 Å². The van der Waals surface area contributed by atoms with Crippen LogP contribution in [0.15, 0.2) is 46.9 Å². The first-order chi connectivity index (χ1) is 9.47. The van der Waals surface area contributed by atoms with E-state index in [-0.39, 0.29) is 10.0 Å². The topological polar surface area (TPSA) is 49.3 Å². The molecule has 0 aliphatic carbocycles. The maximum atomic E-state index is 13.5. The van der Waals surface area contributed by atoms with E-state index < -0.39 is 23.6 Å². The molecule has 3 nitrogen and oxygen atoms in total. The van der Waals surface area contributed by atoms with E-state index in [4.69, 9.17) is 0 Å². The minimum atomic E-state index is -1.16. The quantitative estimate of drug-likeness (QED) is 0.884. The summed E-state index contributed by atoms with van der Waals surface area (Å²) >= 11 is 3.01. The molecular weight excluding hydrogens is 332 g/mol. The van der Waals surface area contributed by atoms with Gasteiger partial charge in [-0.1, -0.05) is 6.07 Å². The molecule has 104 valence electrons. The molecule has 1 atom stereocenters. The Morgan fingerprint density at radius 2 is 1.80 bits per heavy atom. The van der Waals surface area contributed by atoms with Gasteiger partial charge in [0.2, 0.25) is 0 Å². The highest BCUT2D eigenvalue weighted by molar-refractivity contribution is 9.10. The molecule has 2 N–H and O–H groups in total. The molecule has 0 heterocycles. The zero-order chi connectivity index (χ0) is 14.7. The lowest BCUT2D eigenvalue weighted by atomic mass is 10.1. The van der Waals surface area contributed by atoms with E-state index in [0.717, 1.165) is 6.07 Å². The monoisotopic (exact) mass is 341 g/mol. The number of carboxylic acid groups (broad SMARTS) is 1.